The molecule has 2 atom stereocenters. The van der Waals surface area contributed by atoms with Crippen molar-refractivity contribution in [2.45, 2.75) is 24.9 Å². The molecule has 3 heterocycles. The van der Waals surface area contributed by atoms with Gasteiger partial charge in [-0.2, -0.15) is 16.7 Å². The summed E-state index contributed by atoms with van der Waals surface area (Å²) in [6.07, 6.45) is 2.30. The summed E-state index contributed by atoms with van der Waals surface area (Å²) in [6.45, 7) is 2.16. The third kappa shape index (κ3) is 2.34. The van der Waals surface area contributed by atoms with Crippen LogP contribution in [0.3, 0.4) is 0 Å². The number of aromatic nitrogens is 2. The average molecular weight is 254 g/mol. The third-order valence-corrected chi connectivity index (χ3v) is 4.53. The molecule has 2 aliphatic rings. The van der Waals surface area contributed by atoms with E-state index < -0.39 is 0 Å². The molecule has 1 N–H and O–H groups in total. The number of rotatable bonds is 2. The zero-order chi connectivity index (χ0) is 11.7. The van der Waals surface area contributed by atoms with Gasteiger partial charge in [-0.25, -0.2) is 0 Å². The first-order valence-electron chi connectivity index (χ1n) is 6.19. The van der Waals surface area contributed by atoms with Gasteiger partial charge in [0.1, 0.15) is 0 Å². The van der Waals surface area contributed by atoms with Crippen molar-refractivity contribution in [2.75, 3.05) is 31.6 Å². The van der Waals surface area contributed by atoms with E-state index in [-0.39, 0.29) is 6.04 Å². The second-order valence-electron chi connectivity index (χ2n) is 4.71. The fourth-order valence-electron chi connectivity index (χ4n) is 2.38. The minimum atomic E-state index is 0.276. The first-order valence-corrected chi connectivity index (χ1v) is 7.35. The van der Waals surface area contributed by atoms with Gasteiger partial charge in [0.25, 0.3) is 0 Å². The van der Waals surface area contributed by atoms with E-state index in [4.69, 9.17) is 4.52 Å². The molecule has 17 heavy (non-hydrogen) atoms. The third-order valence-electron chi connectivity index (χ3n) is 3.51. The van der Waals surface area contributed by atoms with Gasteiger partial charge < -0.3 is 9.84 Å². The Kier molecular flexibility index (Phi) is 3.35. The minimum Gasteiger partial charge on any atom is -0.338 e. The van der Waals surface area contributed by atoms with Crippen LogP contribution >= 0.6 is 11.8 Å². The summed E-state index contributed by atoms with van der Waals surface area (Å²) < 4.78 is 5.39. The molecule has 0 aromatic carbocycles. The highest BCUT2D eigenvalue weighted by atomic mass is 32.2. The highest BCUT2D eigenvalue weighted by Crippen LogP contribution is 2.28. The lowest BCUT2D eigenvalue weighted by molar-refractivity contribution is 0.255. The molecular formula is C11H18N4OS. The van der Waals surface area contributed by atoms with Gasteiger partial charge in [0, 0.05) is 18.1 Å². The fraction of sp³-hybridized carbons (Fsp3) is 0.818. The SMILES string of the molecule is CN1CCSCC1c1noc([C@H]2CCCN2)n1. The Bertz CT molecular complexity index is 377. The molecule has 0 amide bonds. The lowest BCUT2D eigenvalue weighted by Crippen LogP contribution is -2.33. The van der Waals surface area contributed by atoms with Gasteiger partial charge in [-0.15, -0.1) is 0 Å². The van der Waals surface area contributed by atoms with Crippen LogP contribution in [0.1, 0.15) is 36.6 Å². The smallest absolute Gasteiger partial charge is 0.243 e. The predicted octanol–water partition coefficient (Wildman–Crippen LogP) is 1.21. The Balaban J connectivity index is 1.74. The predicted molar refractivity (Wildman–Crippen MR) is 67.0 cm³/mol. The fourth-order valence-corrected chi connectivity index (χ4v) is 3.59. The van der Waals surface area contributed by atoms with Crippen LogP contribution in [0.5, 0.6) is 0 Å². The Hall–Kier alpha value is -0.590. The van der Waals surface area contributed by atoms with Crippen molar-refractivity contribution in [3.8, 4) is 0 Å². The van der Waals surface area contributed by atoms with Gasteiger partial charge in [0.15, 0.2) is 5.82 Å². The Morgan fingerprint density at radius 2 is 2.47 bits per heavy atom. The molecule has 1 aromatic rings. The molecule has 0 saturated carbocycles. The van der Waals surface area contributed by atoms with Crippen LogP contribution in [0.4, 0.5) is 0 Å². The van der Waals surface area contributed by atoms with Gasteiger partial charge in [-0.3, -0.25) is 4.90 Å². The van der Waals surface area contributed by atoms with E-state index in [1.54, 1.807) is 0 Å². The van der Waals surface area contributed by atoms with E-state index in [0.717, 1.165) is 37.0 Å². The van der Waals surface area contributed by atoms with Crippen LogP contribution in [-0.4, -0.2) is 46.7 Å². The molecule has 0 aliphatic carbocycles. The first-order chi connectivity index (χ1) is 8.34. The van der Waals surface area contributed by atoms with Gasteiger partial charge in [-0.1, -0.05) is 5.16 Å². The summed E-state index contributed by atoms with van der Waals surface area (Å²) in [7, 11) is 2.13. The van der Waals surface area contributed by atoms with E-state index >= 15 is 0 Å². The van der Waals surface area contributed by atoms with Crippen LogP contribution in [0.15, 0.2) is 4.52 Å². The largest absolute Gasteiger partial charge is 0.338 e. The summed E-state index contributed by atoms with van der Waals surface area (Å²) in [5, 5.41) is 7.54. The van der Waals surface area contributed by atoms with Gasteiger partial charge in [-0.05, 0) is 26.4 Å². The number of thioether (sulfide) groups is 1. The zero-order valence-electron chi connectivity index (χ0n) is 10.1. The maximum Gasteiger partial charge on any atom is 0.243 e. The molecule has 0 spiro atoms. The highest BCUT2D eigenvalue weighted by molar-refractivity contribution is 7.99. The van der Waals surface area contributed by atoms with Crippen molar-refractivity contribution in [1.29, 1.82) is 0 Å². The molecule has 2 fully saturated rings. The Morgan fingerprint density at radius 3 is 3.24 bits per heavy atom. The molecule has 0 bridgehead atoms. The van der Waals surface area contributed by atoms with Crippen LogP contribution in [0.25, 0.3) is 0 Å². The molecule has 0 radical (unpaired) electrons. The van der Waals surface area contributed by atoms with Crippen LogP contribution in [0, 0.1) is 0 Å². The second-order valence-corrected chi connectivity index (χ2v) is 5.86. The zero-order valence-corrected chi connectivity index (χ0v) is 10.9. The average Bonchev–Trinajstić information content (AvgIpc) is 3.00. The van der Waals surface area contributed by atoms with Crippen LogP contribution in [0.2, 0.25) is 0 Å². The topological polar surface area (TPSA) is 54.2 Å². The highest BCUT2D eigenvalue weighted by Gasteiger charge is 2.28. The van der Waals surface area contributed by atoms with E-state index in [0.29, 0.717) is 6.04 Å². The van der Waals surface area contributed by atoms with Crippen molar-refractivity contribution in [3.05, 3.63) is 11.7 Å². The standard InChI is InChI=1S/C11H18N4OS/c1-15-5-6-17-7-9(15)10-13-11(16-14-10)8-3-2-4-12-8/h8-9,12H,2-7H2,1H3/t8-,9?/m1/s1. The van der Waals surface area contributed by atoms with Crippen LogP contribution < -0.4 is 5.32 Å². The maximum absolute atomic E-state index is 5.39. The van der Waals surface area contributed by atoms with Crippen molar-refractivity contribution < 1.29 is 4.52 Å². The number of hydrogen-bond acceptors (Lipinski definition) is 6. The number of nitrogens with zero attached hydrogens (tertiary/aromatic N) is 3. The summed E-state index contributed by atoms with van der Waals surface area (Å²) in [4.78, 5) is 6.88. The second kappa shape index (κ2) is 4.96. The molecule has 6 heteroatoms. The van der Waals surface area contributed by atoms with Crippen molar-refractivity contribution >= 4 is 11.8 Å². The summed E-state index contributed by atoms with van der Waals surface area (Å²) in [6, 6.07) is 0.588. The number of nitrogens with one attached hydrogen (secondary N) is 1. The number of hydrogen-bond donors (Lipinski definition) is 1. The molecule has 3 rings (SSSR count). The molecule has 2 saturated heterocycles. The summed E-state index contributed by atoms with van der Waals surface area (Å²) >= 11 is 1.96. The van der Waals surface area contributed by atoms with Gasteiger partial charge in [0.05, 0.1) is 12.1 Å². The molecule has 1 aromatic heterocycles. The minimum absolute atomic E-state index is 0.276. The van der Waals surface area contributed by atoms with Crippen molar-refractivity contribution in [1.82, 2.24) is 20.4 Å². The first kappa shape index (κ1) is 11.5. The van der Waals surface area contributed by atoms with Crippen molar-refractivity contribution in [3.63, 3.8) is 0 Å². The summed E-state index contributed by atoms with van der Waals surface area (Å²) in [5.41, 5.74) is 0. The molecule has 1 unspecified atom stereocenters. The lowest BCUT2D eigenvalue weighted by Gasteiger charge is -2.29. The van der Waals surface area contributed by atoms with E-state index in [1.807, 2.05) is 11.8 Å². The van der Waals surface area contributed by atoms with Gasteiger partial charge >= 0.3 is 0 Å². The monoisotopic (exact) mass is 254 g/mol. The van der Waals surface area contributed by atoms with E-state index in [2.05, 4.69) is 27.4 Å². The van der Waals surface area contributed by atoms with E-state index in [1.165, 1.54) is 12.2 Å². The lowest BCUT2D eigenvalue weighted by atomic mass is 10.2. The van der Waals surface area contributed by atoms with Crippen molar-refractivity contribution in [2.24, 2.45) is 0 Å². The molecule has 2 aliphatic heterocycles. The van der Waals surface area contributed by atoms with Crippen LogP contribution in [-0.2, 0) is 0 Å². The quantitative estimate of drug-likeness (QED) is 0.856. The Labute approximate surface area is 105 Å². The molecular weight excluding hydrogens is 236 g/mol. The van der Waals surface area contributed by atoms with Gasteiger partial charge in [0.2, 0.25) is 5.89 Å². The normalized spacial score (nSPS) is 30.9. The summed E-state index contributed by atoms with van der Waals surface area (Å²) in [5.74, 6) is 3.88. The molecule has 94 valence electrons. The Morgan fingerprint density at radius 1 is 1.53 bits per heavy atom. The maximum atomic E-state index is 5.39. The molecule has 5 nitrogen and oxygen atoms in total. The van der Waals surface area contributed by atoms with E-state index in [9.17, 15) is 0 Å².